The highest BCUT2D eigenvalue weighted by atomic mass is 16.5. The highest BCUT2D eigenvalue weighted by Gasteiger charge is 2.31. The minimum atomic E-state index is -0.0591. The van der Waals surface area contributed by atoms with Crippen molar-refractivity contribution in [2.24, 2.45) is 0 Å². The molecule has 0 saturated carbocycles. The van der Waals surface area contributed by atoms with Crippen molar-refractivity contribution in [3.05, 3.63) is 59.0 Å². The van der Waals surface area contributed by atoms with Gasteiger partial charge in [0.25, 0.3) is 0 Å². The van der Waals surface area contributed by atoms with Crippen molar-refractivity contribution in [1.29, 1.82) is 0 Å². The summed E-state index contributed by atoms with van der Waals surface area (Å²) in [5.41, 5.74) is 11.2. The highest BCUT2D eigenvalue weighted by Crippen LogP contribution is 2.35. The number of aromatic nitrogens is 2. The summed E-state index contributed by atoms with van der Waals surface area (Å²) in [5, 5.41) is 4.15. The Hall–Kier alpha value is -2.90. The van der Waals surface area contributed by atoms with Gasteiger partial charge in [-0.3, -0.25) is 0 Å². The van der Waals surface area contributed by atoms with Gasteiger partial charge in [-0.2, -0.15) is 4.98 Å². The van der Waals surface area contributed by atoms with Gasteiger partial charge in [0.05, 0.1) is 19.8 Å². The van der Waals surface area contributed by atoms with Gasteiger partial charge in [0, 0.05) is 12.1 Å². The fraction of sp³-hybridized carbons (Fsp3) is 0.333. The average molecular weight is 380 g/mol. The van der Waals surface area contributed by atoms with Crippen LogP contribution in [0.1, 0.15) is 41.1 Å². The summed E-state index contributed by atoms with van der Waals surface area (Å²) < 4.78 is 16.2. The van der Waals surface area contributed by atoms with E-state index in [-0.39, 0.29) is 12.1 Å². The second-order valence-corrected chi connectivity index (χ2v) is 7.01. The lowest BCUT2D eigenvalue weighted by Crippen LogP contribution is -2.27. The predicted molar refractivity (Wildman–Crippen MR) is 105 cm³/mol. The number of ether oxygens (including phenoxy) is 2. The van der Waals surface area contributed by atoms with Crippen LogP contribution >= 0.6 is 0 Å². The number of aryl methyl sites for hydroxylation is 2. The molecule has 146 valence electrons. The van der Waals surface area contributed by atoms with Crippen LogP contribution in [0.4, 0.5) is 0 Å². The quantitative estimate of drug-likeness (QED) is 0.699. The summed E-state index contributed by atoms with van der Waals surface area (Å²) in [4.78, 5) is 4.59. The molecular weight excluding hydrogens is 356 g/mol. The summed E-state index contributed by atoms with van der Waals surface area (Å²) in [6.45, 7) is 4.24. The Morgan fingerprint density at radius 3 is 2.57 bits per heavy atom. The third-order valence-electron chi connectivity index (χ3n) is 5.09. The molecule has 0 spiro atoms. The van der Waals surface area contributed by atoms with Crippen molar-refractivity contribution >= 4 is 0 Å². The topological polar surface area (TPSA) is 81.4 Å². The van der Waals surface area contributed by atoms with Crippen LogP contribution in [-0.4, -0.2) is 24.4 Å². The van der Waals surface area contributed by atoms with E-state index >= 15 is 0 Å². The first-order chi connectivity index (χ1) is 13.6. The number of hydrazine groups is 1. The molecule has 7 heteroatoms. The number of benzene rings is 2. The van der Waals surface area contributed by atoms with E-state index in [2.05, 4.69) is 53.0 Å². The van der Waals surface area contributed by atoms with Crippen molar-refractivity contribution in [3.63, 3.8) is 0 Å². The van der Waals surface area contributed by atoms with E-state index in [4.69, 9.17) is 14.0 Å². The molecule has 2 heterocycles. The normalized spacial score (nSPS) is 19.0. The van der Waals surface area contributed by atoms with Crippen molar-refractivity contribution in [1.82, 2.24) is 21.0 Å². The molecule has 1 aromatic heterocycles. The van der Waals surface area contributed by atoms with Gasteiger partial charge in [-0.15, -0.1) is 0 Å². The lowest BCUT2D eigenvalue weighted by atomic mass is 9.96. The van der Waals surface area contributed by atoms with Gasteiger partial charge < -0.3 is 14.0 Å². The van der Waals surface area contributed by atoms with Crippen LogP contribution in [0.25, 0.3) is 11.4 Å². The molecule has 1 saturated heterocycles. The van der Waals surface area contributed by atoms with Gasteiger partial charge in [0.2, 0.25) is 11.7 Å². The second-order valence-electron chi connectivity index (χ2n) is 7.01. The molecule has 0 aliphatic carbocycles. The Labute approximate surface area is 164 Å². The zero-order chi connectivity index (χ0) is 19.7. The Bertz CT molecular complexity index is 986. The largest absolute Gasteiger partial charge is 0.497 e. The lowest BCUT2D eigenvalue weighted by molar-refractivity contribution is 0.339. The Morgan fingerprint density at radius 2 is 1.82 bits per heavy atom. The fourth-order valence-electron chi connectivity index (χ4n) is 3.61. The van der Waals surface area contributed by atoms with Crippen LogP contribution in [0.2, 0.25) is 0 Å². The Morgan fingerprint density at radius 1 is 1.00 bits per heavy atom. The minimum Gasteiger partial charge on any atom is -0.497 e. The summed E-state index contributed by atoms with van der Waals surface area (Å²) in [5.74, 6) is 2.39. The van der Waals surface area contributed by atoms with E-state index in [1.807, 2.05) is 12.1 Å². The first-order valence-electron chi connectivity index (χ1n) is 9.23. The maximum Gasteiger partial charge on any atom is 0.245 e. The molecule has 2 unspecified atom stereocenters. The fourth-order valence-corrected chi connectivity index (χ4v) is 3.61. The minimum absolute atomic E-state index is 0.0591. The van der Waals surface area contributed by atoms with Gasteiger partial charge in [-0.1, -0.05) is 28.9 Å². The smallest absolute Gasteiger partial charge is 0.245 e. The molecule has 4 rings (SSSR count). The van der Waals surface area contributed by atoms with Gasteiger partial charge in [0.1, 0.15) is 17.5 Å². The zero-order valence-corrected chi connectivity index (χ0v) is 16.4. The van der Waals surface area contributed by atoms with E-state index in [1.54, 1.807) is 20.3 Å². The first kappa shape index (κ1) is 18.5. The van der Waals surface area contributed by atoms with Gasteiger partial charge in [0.15, 0.2) is 0 Å². The third kappa shape index (κ3) is 3.46. The van der Waals surface area contributed by atoms with Gasteiger partial charge >= 0.3 is 0 Å². The van der Waals surface area contributed by atoms with Crippen LogP contribution in [-0.2, 0) is 0 Å². The summed E-state index contributed by atoms with van der Waals surface area (Å²) in [6, 6.07) is 12.2. The molecule has 0 radical (unpaired) electrons. The number of rotatable bonds is 5. The molecule has 7 nitrogen and oxygen atoms in total. The van der Waals surface area contributed by atoms with Crippen LogP contribution in [0.3, 0.4) is 0 Å². The molecule has 3 aromatic rings. The van der Waals surface area contributed by atoms with Crippen LogP contribution in [0, 0.1) is 13.8 Å². The van der Waals surface area contributed by atoms with E-state index in [1.165, 1.54) is 16.7 Å². The second kappa shape index (κ2) is 7.61. The highest BCUT2D eigenvalue weighted by molar-refractivity contribution is 5.65. The lowest BCUT2D eigenvalue weighted by Gasteiger charge is -2.13. The molecular formula is C21H24N4O3. The molecule has 1 aliphatic rings. The van der Waals surface area contributed by atoms with Crippen molar-refractivity contribution in [2.45, 2.75) is 32.4 Å². The van der Waals surface area contributed by atoms with Gasteiger partial charge in [-0.25, -0.2) is 10.9 Å². The predicted octanol–water partition coefficient (Wildman–Crippen LogP) is 3.65. The van der Waals surface area contributed by atoms with Crippen molar-refractivity contribution in [2.75, 3.05) is 14.2 Å². The van der Waals surface area contributed by atoms with E-state index in [0.717, 1.165) is 12.0 Å². The monoisotopic (exact) mass is 380 g/mol. The molecule has 0 bridgehead atoms. The van der Waals surface area contributed by atoms with Crippen LogP contribution in [0.15, 0.2) is 40.9 Å². The first-order valence-corrected chi connectivity index (χ1v) is 9.23. The Balaban J connectivity index is 1.54. The van der Waals surface area contributed by atoms with Crippen molar-refractivity contribution in [3.8, 4) is 22.9 Å². The zero-order valence-electron chi connectivity index (χ0n) is 16.4. The third-order valence-corrected chi connectivity index (χ3v) is 5.09. The molecule has 2 aromatic carbocycles. The summed E-state index contributed by atoms with van der Waals surface area (Å²) in [7, 11) is 3.22. The number of methoxy groups -OCH3 is 2. The molecule has 1 fully saturated rings. The van der Waals surface area contributed by atoms with Gasteiger partial charge in [-0.05, 0) is 43.5 Å². The standard InChI is InChI=1S/C21H24N4O3/c1-12-5-7-15(13(2)9-12)17-11-18(24-23-17)21-22-20(25-28-21)16-8-6-14(26-3)10-19(16)27-4/h5-10,17-18,23-24H,11H2,1-4H3. The summed E-state index contributed by atoms with van der Waals surface area (Å²) >= 11 is 0. The van der Waals surface area contributed by atoms with E-state index < -0.39 is 0 Å². The van der Waals surface area contributed by atoms with Crippen LogP contribution in [0.5, 0.6) is 11.5 Å². The molecule has 2 atom stereocenters. The molecule has 0 amide bonds. The maximum atomic E-state index is 5.54. The van der Waals surface area contributed by atoms with Crippen LogP contribution < -0.4 is 20.3 Å². The Kier molecular flexibility index (Phi) is 5.02. The SMILES string of the molecule is COc1ccc(-c2noc(C3CC(c4ccc(C)cc4C)NN3)n2)c(OC)c1. The average Bonchev–Trinajstić information content (AvgIpc) is 3.37. The number of nitrogens with one attached hydrogen (secondary N) is 2. The molecule has 28 heavy (non-hydrogen) atoms. The van der Waals surface area contributed by atoms with Crippen molar-refractivity contribution < 1.29 is 14.0 Å². The molecule has 1 aliphatic heterocycles. The van der Waals surface area contributed by atoms with E-state index in [0.29, 0.717) is 23.2 Å². The van der Waals surface area contributed by atoms with E-state index in [9.17, 15) is 0 Å². The maximum absolute atomic E-state index is 5.54. The molecule has 2 N–H and O–H groups in total. The number of hydrogen-bond acceptors (Lipinski definition) is 7. The number of hydrogen-bond donors (Lipinski definition) is 2. The summed E-state index contributed by atoms with van der Waals surface area (Å²) in [6.07, 6.45) is 0.825. The number of nitrogens with zero attached hydrogens (tertiary/aromatic N) is 2.